The molecule has 1 aromatic rings. The van der Waals surface area contributed by atoms with E-state index in [1.807, 2.05) is 0 Å². The maximum Gasteiger partial charge on any atom is 0.243 e. The van der Waals surface area contributed by atoms with Crippen molar-refractivity contribution < 1.29 is 13.2 Å². The number of benzene rings is 1. The lowest BCUT2D eigenvalue weighted by Crippen LogP contribution is -2.49. The molecule has 27 heavy (non-hydrogen) atoms. The molecule has 6 nitrogen and oxygen atoms in total. The van der Waals surface area contributed by atoms with Gasteiger partial charge in [0.2, 0.25) is 15.9 Å². The van der Waals surface area contributed by atoms with Crippen molar-refractivity contribution in [2.24, 2.45) is 0 Å². The van der Waals surface area contributed by atoms with Crippen molar-refractivity contribution in [2.45, 2.75) is 45.6 Å². The number of amides is 1. The van der Waals surface area contributed by atoms with E-state index in [1.165, 1.54) is 25.7 Å². The number of nitrogens with zero attached hydrogens (tertiary/aromatic N) is 2. The van der Waals surface area contributed by atoms with Gasteiger partial charge < -0.3 is 10.2 Å². The third-order valence-electron chi connectivity index (χ3n) is 4.92. The van der Waals surface area contributed by atoms with Crippen LogP contribution in [0.4, 0.5) is 5.69 Å². The minimum atomic E-state index is -3.65. The Labute approximate surface area is 167 Å². The second kappa shape index (κ2) is 9.75. The summed E-state index contributed by atoms with van der Waals surface area (Å²) >= 11 is 6.05. The third kappa shape index (κ3) is 6.36. The maximum atomic E-state index is 12.6. The Morgan fingerprint density at radius 2 is 1.89 bits per heavy atom. The van der Waals surface area contributed by atoms with E-state index in [9.17, 15) is 13.2 Å². The highest BCUT2D eigenvalue weighted by molar-refractivity contribution is 7.92. The molecule has 0 aromatic heterocycles. The first kappa shape index (κ1) is 22.0. The summed E-state index contributed by atoms with van der Waals surface area (Å²) in [5.74, 6) is -0.311. The maximum absolute atomic E-state index is 12.6. The Morgan fingerprint density at radius 1 is 1.26 bits per heavy atom. The predicted molar refractivity (Wildman–Crippen MR) is 111 cm³/mol. The largest absolute Gasteiger partial charge is 0.353 e. The van der Waals surface area contributed by atoms with E-state index >= 15 is 0 Å². The van der Waals surface area contributed by atoms with E-state index in [4.69, 9.17) is 11.6 Å². The molecule has 1 heterocycles. The molecule has 0 radical (unpaired) electrons. The second-order valence-corrected chi connectivity index (χ2v) is 9.51. The van der Waals surface area contributed by atoms with Gasteiger partial charge in [0.25, 0.3) is 0 Å². The predicted octanol–water partition coefficient (Wildman–Crippen LogP) is 2.80. The fourth-order valence-corrected chi connectivity index (χ4v) is 4.84. The molecule has 0 aliphatic carbocycles. The fourth-order valence-electron chi connectivity index (χ4n) is 3.45. The molecule has 1 amide bonds. The molecule has 1 fully saturated rings. The molecule has 2 rings (SSSR count). The van der Waals surface area contributed by atoms with Crippen molar-refractivity contribution in [1.29, 1.82) is 0 Å². The van der Waals surface area contributed by atoms with E-state index in [1.54, 1.807) is 32.0 Å². The Morgan fingerprint density at radius 3 is 2.48 bits per heavy atom. The van der Waals surface area contributed by atoms with Crippen molar-refractivity contribution in [3.8, 4) is 0 Å². The van der Waals surface area contributed by atoms with Crippen molar-refractivity contribution in [2.75, 3.05) is 36.7 Å². The van der Waals surface area contributed by atoms with E-state index in [0.29, 0.717) is 17.3 Å². The monoisotopic (exact) mass is 415 g/mol. The minimum absolute atomic E-state index is 0.311. The Kier molecular flexibility index (Phi) is 7.94. The van der Waals surface area contributed by atoms with Crippen LogP contribution in [0, 0.1) is 6.92 Å². The number of hydrogen-bond acceptors (Lipinski definition) is 4. The summed E-state index contributed by atoms with van der Waals surface area (Å²) in [6.07, 6.45) is 6.03. The van der Waals surface area contributed by atoms with Crippen molar-refractivity contribution in [1.82, 2.24) is 10.2 Å². The molecule has 1 N–H and O–H groups in total. The van der Waals surface area contributed by atoms with Gasteiger partial charge in [-0.15, -0.1) is 0 Å². The van der Waals surface area contributed by atoms with Gasteiger partial charge in [-0.25, -0.2) is 8.42 Å². The van der Waals surface area contributed by atoms with Crippen LogP contribution in [0.15, 0.2) is 18.2 Å². The molecular formula is C19H30ClN3O3S. The molecule has 1 unspecified atom stereocenters. The summed E-state index contributed by atoms with van der Waals surface area (Å²) in [5.41, 5.74) is 1.18. The molecule has 152 valence electrons. The highest BCUT2D eigenvalue weighted by Crippen LogP contribution is 2.28. The zero-order chi connectivity index (χ0) is 20.0. The highest BCUT2D eigenvalue weighted by atomic mass is 35.5. The van der Waals surface area contributed by atoms with Gasteiger partial charge in [-0.1, -0.05) is 30.5 Å². The van der Waals surface area contributed by atoms with Crippen LogP contribution in [-0.4, -0.2) is 57.7 Å². The Balaban J connectivity index is 2.05. The first-order valence-electron chi connectivity index (χ1n) is 9.46. The quantitative estimate of drug-likeness (QED) is 0.743. The number of sulfonamides is 1. The molecule has 1 aromatic carbocycles. The number of carbonyl (C=O) groups is 1. The molecule has 1 aliphatic rings. The standard InChI is InChI=1S/C19H30ClN3O3S/c1-15-8-9-17(20)14-18(15)23(27(3,25)26)16(2)19(24)21-10-13-22-11-6-4-5-7-12-22/h8-9,14,16H,4-7,10-13H2,1-3H3,(H,21,24). The number of carbonyl (C=O) groups excluding carboxylic acids is 1. The smallest absolute Gasteiger partial charge is 0.243 e. The van der Waals surface area contributed by atoms with Crippen molar-refractivity contribution in [3.63, 3.8) is 0 Å². The van der Waals surface area contributed by atoms with E-state index in [2.05, 4.69) is 10.2 Å². The summed E-state index contributed by atoms with van der Waals surface area (Å²) in [5, 5.41) is 3.32. The minimum Gasteiger partial charge on any atom is -0.353 e. The Hall–Kier alpha value is -1.31. The average molecular weight is 416 g/mol. The summed E-state index contributed by atoms with van der Waals surface area (Å²) in [7, 11) is -3.65. The van der Waals surface area contributed by atoms with Crippen LogP contribution in [0.1, 0.15) is 38.2 Å². The van der Waals surface area contributed by atoms with Crippen LogP contribution in [0.3, 0.4) is 0 Å². The molecular weight excluding hydrogens is 386 g/mol. The Bertz CT molecular complexity index is 747. The summed E-state index contributed by atoms with van der Waals surface area (Å²) in [6, 6.07) is 4.17. The van der Waals surface area contributed by atoms with Gasteiger partial charge in [0.1, 0.15) is 6.04 Å². The fraction of sp³-hybridized carbons (Fsp3) is 0.632. The third-order valence-corrected chi connectivity index (χ3v) is 6.39. The van der Waals surface area contributed by atoms with Crippen LogP contribution in [0.25, 0.3) is 0 Å². The molecule has 1 saturated heterocycles. The van der Waals surface area contributed by atoms with Crippen LogP contribution in [0.5, 0.6) is 0 Å². The van der Waals surface area contributed by atoms with Gasteiger partial charge in [0, 0.05) is 18.1 Å². The number of anilines is 1. The summed E-state index contributed by atoms with van der Waals surface area (Å²) in [4.78, 5) is 15.0. The van der Waals surface area contributed by atoms with Gasteiger partial charge in [0.05, 0.1) is 11.9 Å². The topological polar surface area (TPSA) is 69.7 Å². The van der Waals surface area contributed by atoms with Crippen molar-refractivity contribution in [3.05, 3.63) is 28.8 Å². The first-order valence-corrected chi connectivity index (χ1v) is 11.7. The van der Waals surface area contributed by atoms with E-state index in [0.717, 1.165) is 35.8 Å². The first-order chi connectivity index (χ1) is 12.7. The van der Waals surface area contributed by atoms with Crippen LogP contribution in [0.2, 0.25) is 5.02 Å². The van der Waals surface area contributed by atoms with Gasteiger partial charge in [-0.2, -0.15) is 0 Å². The molecule has 8 heteroatoms. The molecule has 1 atom stereocenters. The zero-order valence-corrected chi connectivity index (χ0v) is 17.9. The van der Waals surface area contributed by atoms with Crippen LogP contribution in [-0.2, 0) is 14.8 Å². The zero-order valence-electron chi connectivity index (χ0n) is 16.4. The number of rotatable bonds is 7. The number of nitrogens with one attached hydrogen (secondary N) is 1. The summed E-state index contributed by atoms with van der Waals surface area (Å²) in [6.45, 7) is 6.81. The lowest BCUT2D eigenvalue weighted by Gasteiger charge is -2.30. The number of hydrogen-bond donors (Lipinski definition) is 1. The number of likely N-dealkylation sites (tertiary alicyclic amines) is 1. The number of aryl methyl sites for hydroxylation is 1. The SMILES string of the molecule is Cc1ccc(Cl)cc1N(C(C)C(=O)NCCN1CCCCCC1)S(C)(=O)=O. The molecule has 0 bridgehead atoms. The van der Waals surface area contributed by atoms with Crippen LogP contribution < -0.4 is 9.62 Å². The van der Waals surface area contributed by atoms with E-state index in [-0.39, 0.29) is 5.91 Å². The van der Waals surface area contributed by atoms with Crippen LogP contribution >= 0.6 is 11.6 Å². The second-order valence-electron chi connectivity index (χ2n) is 7.21. The normalized spacial score (nSPS) is 17.2. The lowest BCUT2D eigenvalue weighted by molar-refractivity contribution is -0.121. The van der Waals surface area contributed by atoms with Gasteiger partial charge in [-0.3, -0.25) is 9.10 Å². The van der Waals surface area contributed by atoms with Crippen molar-refractivity contribution >= 4 is 33.2 Å². The van der Waals surface area contributed by atoms with Gasteiger partial charge in [-0.05, 0) is 57.5 Å². The van der Waals surface area contributed by atoms with E-state index < -0.39 is 16.1 Å². The lowest BCUT2D eigenvalue weighted by atomic mass is 10.2. The average Bonchev–Trinajstić information content (AvgIpc) is 2.85. The molecule has 0 spiro atoms. The molecule has 0 saturated carbocycles. The van der Waals surface area contributed by atoms with Gasteiger partial charge >= 0.3 is 0 Å². The molecule has 1 aliphatic heterocycles. The summed E-state index contributed by atoms with van der Waals surface area (Å²) < 4.78 is 25.9. The highest BCUT2D eigenvalue weighted by Gasteiger charge is 2.30. The van der Waals surface area contributed by atoms with Gasteiger partial charge in [0.15, 0.2) is 0 Å². The number of halogens is 1.